The SMILES string of the molecule is COc1ccccc1C1CNCCN1C(=O)c1ccc(C(N)=O)cc1.Cl. The molecule has 0 aromatic heterocycles. The van der Waals surface area contributed by atoms with Crippen molar-refractivity contribution in [2.24, 2.45) is 5.73 Å². The van der Waals surface area contributed by atoms with E-state index in [-0.39, 0.29) is 24.4 Å². The van der Waals surface area contributed by atoms with Crippen molar-refractivity contribution in [3.63, 3.8) is 0 Å². The molecule has 1 heterocycles. The van der Waals surface area contributed by atoms with Gasteiger partial charge in [-0.15, -0.1) is 12.4 Å². The topological polar surface area (TPSA) is 84.7 Å². The summed E-state index contributed by atoms with van der Waals surface area (Å²) in [5.74, 6) is 0.180. The molecule has 7 heteroatoms. The summed E-state index contributed by atoms with van der Waals surface area (Å²) in [6.45, 7) is 1.99. The molecular weight excluding hydrogens is 354 g/mol. The van der Waals surface area contributed by atoms with Gasteiger partial charge in [-0.05, 0) is 30.3 Å². The van der Waals surface area contributed by atoms with Gasteiger partial charge in [0.15, 0.2) is 0 Å². The fourth-order valence-corrected chi connectivity index (χ4v) is 3.11. The van der Waals surface area contributed by atoms with Crippen LogP contribution in [0.2, 0.25) is 0 Å². The molecule has 1 atom stereocenters. The second-order valence-corrected chi connectivity index (χ2v) is 5.90. The van der Waals surface area contributed by atoms with Crippen molar-refractivity contribution < 1.29 is 14.3 Å². The van der Waals surface area contributed by atoms with E-state index in [2.05, 4.69) is 5.32 Å². The van der Waals surface area contributed by atoms with Gasteiger partial charge in [-0.2, -0.15) is 0 Å². The van der Waals surface area contributed by atoms with E-state index < -0.39 is 5.91 Å². The smallest absolute Gasteiger partial charge is 0.254 e. The van der Waals surface area contributed by atoms with Gasteiger partial charge >= 0.3 is 0 Å². The largest absolute Gasteiger partial charge is 0.496 e. The molecule has 2 amide bonds. The van der Waals surface area contributed by atoms with Crippen LogP contribution < -0.4 is 15.8 Å². The van der Waals surface area contributed by atoms with Crippen molar-refractivity contribution in [1.29, 1.82) is 0 Å². The van der Waals surface area contributed by atoms with E-state index >= 15 is 0 Å². The maximum Gasteiger partial charge on any atom is 0.254 e. The predicted octanol–water partition coefficient (Wildman–Crippen LogP) is 2.00. The number of primary amides is 1. The van der Waals surface area contributed by atoms with Crippen LogP contribution in [-0.4, -0.2) is 43.5 Å². The highest BCUT2D eigenvalue weighted by Crippen LogP contribution is 2.31. The van der Waals surface area contributed by atoms with Crippen LogP contribution in [0.3, 0.4) is 0 Å². The molecule has 2 aromatic carbocycles. The Labute approximate surface area is 158 Å². The summed E-state index contributed by atoms with van der Waals surface area (Å²) in [4.78, 5) is 26.0. The van der Waals surface area contributed by atoms with E-state index in [0.29, 0.717) is 24.2 Å². The molecule has 1 aliphatic rings. The summed E-state index contributed by atoms with van der Waals surface area (Å²) >= 11 is 0. The summed E-state index contributed by atoms with van der Waals surface area (Å²) in [5, 5.41) is 3.33. The normalized spacial score (nSPS) is 16.5. The number of hydrogen-bond acceptors (Lipinski definition) is 4. The van der Waals surface area contributed by atoms with Crippen LogP contribution in [0, 0.1) is 0 Å². The van der Waals surface area contributed by atoms with E-state index in [1.165, 1.54) is 0 Å². The third-order valence-corrected chi connectivity index (χ3v) is 4.42. The standard InChI is InChI=1S/C19H21N3O3.ClH/c1-25-17-5-3-2-4-15(17)16-12-21-10-11-22(16)19(24)14-8-6-13(7-9-14)18(20)23;/h2-9,16,21H,10-12H2,1H3,(H2,20,23);1H. The number of nitrogens with zero attached hydrogens (tertiary/aromatic N) is 1. The first-order valence-corrected chi connectivity index (χ1v) is 8.16. The number of hydrogen-bond donors (Lipinski definition) is 2. The molecule has 1 saturated heterocycles. The lowest BCUT2D eigenvalue weighted by Crippen LogP contribution is -2.48. The maximum absolute atomic E-state index is 13.0. The monoisotopic (exact) mass is 375 g/mol. The van der Waals surface area contributed by atoms with Gasteiger partial charge in [0, 0.05) is 36.3 Å². The minimum Gasteiger partial charge on any atom is -0.496 e. The minimum atomic E-state index is -0.506. The van der Waals surface area contributed by atoms with Crippen LogP contribution in [0.25, 0.3) is 0 Å². The number of rotatable bonds is 4. The van der Waals surface area contributed by atoms with Crippen LogP contribution in [0.15, 0.2) is 48.5 Å². The number of carbonyl (C=O) groups is 2. The van der Waals surface area contributed by atoms with Crippen molar-refractivity contribution in [2.45, 2.75) is 6.04 Å². The van der Waals surface area contributed by atoms with Crippen LogP contribution in [0.5, 0.6) is 5.75 Å². The zero-order valence-corrected chi connectivity index (χ0v) is 15.3. The van der Waals surface area contributed by atoms with Crippen LogP contribution in [0.4, 0.5) is 0 Å². The van der Waals surface area contributed by atoms with Crippen molar-refractivity contribution in [2.75, 3.05) is 26.7 Å². The van der Waals surface area contributed by atoms with E-state index in [9.17, 15) is 9.59 Å². The van der Waals surface area contributed by atoms with Gasteiger partial charge in [0.25, 0.3) is 5.91 Å². The first-order valence-electron chi connectivity index (χ1n) is 8.16. The fourth-order valence-electron chi connectivity index (χ4n) is 3.11. The molecule has 2 aromatic rings. The number of nitrogens with one attached hydrogen (secondary N) is 1. The Morgan fingerprint density at radius 1 is 1.12 bits per heavy atom. The van der Waals surface area contributed by atoms with Crippen molar-refractivity contribution in [3.05, 3.63) is 65.2 Å². The maximum atomic E-state index is 13.0. The number of nitrogens with two attached hydrogens (primary N) is 1. The lowest BCUT2D eigenvalue weighted by Gasteiger charge is -2.37. The summed E-state index contributed by atoms with van der Waals surface area (Å²) in [5.41, 5.74) is 7.15. The van der Waals surface area contributed by atoms with Gasteiger partial charge < -0.3 is 20.7 Å². The predicted molar refractivity (Wildman–Crippen MR) is 102 cm³/mol. The van der Waals surface area contributed by atoms with E-state index in [1.807, 2.05) is 29.2 Å². The average Bonchev–Trinajstić information content (AvgIpc) is 2.67. The number of methoxy groups -OCH3 is 1. The Morgan fingerprint density at radius 3 is 2.42 bits per heavy atom. The van der Waals surface area contributed by atoms with Gasteiger partial charge in [-0.3, -0.25) is 9.59 Å². The first kappa shape index (κ1) is 19.8. The Bertz CT molecular complexity index is 780. The number of piperazine rings is 1. The third-order valence-electron chi connectivity index (χ3n) is 4.42. The third kappa shape index (κ3) is 3.98. The van der Waals surface area contributed by atoms with Crippen LogP contribution in [0.1, 0.15) is 32.3 Å². The summed E-state index contributed by atoms with van der Waals surface area (Å²) in [6, 6.07) is 14.1. The molecule has 3 N–H and O–H groups in total. The fraction of sp³-hybridized carbons (Fsp3) is 0.263. The second-order valence-electron chi connectivity index (χ2n) is 5.90. The zero-order valence-electron chi connectivity index (χ0n) is 14.5. The number of benzene rings is 2. The molecule has 0 aliphatic carbocycles. The molecule has 0 bridgehead atoms. The second kappa shape index (κ2) is 8.69. The first-order chi connectivity index (χ1) is 12.1. The van der Waals surface area contributed by atoms with Gasteiger partial charge in [0.05, 0.1) is 13.2 Å². The van der Waals surface area contributed by atoms with Crippen molar-refractivity contribution in [1.82, 2.24) is 10.2 Å². The van der Waals surface area contributed by atoms with Gasteiger partial charge in [-0.1, -0.05) is 18.2 Å². The van der Waals surface area contributed by atoms with E-state index in [4.69, 9.17) is 10.5 Å². The number of halogens is 1. The highest BCUT2D eigenvalue weighted by atomic mass is 35.5. The molecule has 3 rings (SSSR count). The van der Waals surface area contributed by atoms with E-state index in [1.54, 1.807) is 31.4 Å². The molecule has 1 aliphatic heterocycles. The Balaban J connectivity index is 0.00000243. The van der Waals surface area contributed by atoms with Crippen molar-refractivity contribution >= 4 is 24.2 Å². The van der Waals surface area contributed by atoms with Gasteiger partial charge in [-0.25, -0.2) is 0 Å². The zero-order chi connectivity index (χ0) is 17.8. The minimum absolute atomic E-state index is 0. The van der Waals surface area contributed by atoms with Crippen LogP contribution in [-0.2, 0) is 0 Å². The number of amides is 2. The molecule has 0 radical (unpaired) electrons. The molecule has 0 spiro atoms. The molecular formula is C19H22ClN3O3. The lowest BCUT2D eigenvalue weighted by molar-refractivity contribution is 0.0631. The highest BCUT2D eigenvalue weighted by Gasteiger charge is 2.30. The molecule has 26 heavy (non-hydrogen) atoms. The summed E-state index contributed by atoms with van der Waals surface area (Å²) < 4.78 is 5.46. The molecule has 6 nitrogen and oxygen atoms in total. The Hall–Kier alpha value is -2.57. The molecule has 1 fully saturated rings. The number of carbonyl (C=O) groups excluding carboxylic acids is 2. The molecule has 138 valence electrons. The highest BCUT2D eigenvalue weighted by molar-refractivity contribution is 5.97. The summed E-state index contributed by atoms with van der Waals surface area (Å²) in [7, 11) is 1.63. The van der Waals surface area contributed by atoms with Gasteiger partial charge in [0.1, 0.15) is 5.75 Å². The Kier molecular flexibility index (Phi) is 6.60. The average molecular weight is 376 g/mol. The Morgan fingerprint density at radius 2 is 1.77 bits per heavy atom. The van der Waals surface area contributed by atoms with Gasteiger partial charge in [0.2, 0.25) is 5.91 Å². The lowest BCUT2D eigenvalue weighted by atomic mass is 10.0. The molecule has 1 unspecified atom stereocenters. The van der Waals surface area contributed by atoms with Crippen molar-refractivity contribution in [3.8, 4) is 5.75 Å². The quantitative estimate of drug-likeness (QED) is 0.856. The molecule has 0 saturated carbocycles. The van der Waals surface area contributed by atoms with E-state index in [0.717, 1.165) is 17.9 Å². The summed E-state index contributed by atoms with van der Waals surface area (Å²) in [6.07, 6.45) is 0. The number of para-hydroxylation sites is 1. The number of ether oxygens (including phenoxy) is 1. The van der Waals surface area contributed by atoms with Crippen LogP contribution >= 0.6 is 12.4 Å².